The Bertz CT molecular complexity index is 585. The van der Waals surface area contributed by atoms with E-state index in [1.165, 1.54) is 0 Å². The quantitative estimate of drug-likeness (QED) is 0.875. The Balaban J connectivity index is 0.00000208. The van der Waals surface area contributed by atoms with Gasteiger partial charge in [-0.3, -0.25) is 9.59 Å². The fourth-order valence-corrected chi connectivity index (χ4v) is 3.56. The van der Waals surface area contributed by atoms with E-state index in [9.17, 15) is 9.59 Å². The molecule has 5 nitrogen and oxygen atoms in total. The molecule has 0 aliphatic carbocycles. The van der Waals surface area contributed by atoms with Crippen LogP contribution in [-0.2, 0) is 9.59 Å². The summed E-state index contributed by atoms with van der Waals surface area (Å²) in [6, 6.07) is 7.64. The van der Waals surface area contributed by atoms with Gasteiger partial charge in [0.25, 0.3) is 0 Å². The number of fused-ring (bicyclic) bond motifs is 1. The predicted octanol–water partition coefficient (Wildman–Crippen LogP) is 2.38. The maximum absolute atomic E-state index is 12.9. The summed E-state index contributed by atoms with van der Waals surface area (Å²) in [5, 5.41) is 6.25. The summed E-state index contributed by atoms with van der Waals surface area (Å²) >= 11 is 0. The van der Waals surface area contributed by atoms with Gasteiger partial charge in [-0.05, 0) is 43.5 Å². The minimum absolute atomic E-state index is 0. The normalized spacial score (nSPS) is 20.8. The molecule has 0 saturated carbocycles. The van der Waals surface area contributed by atoms with Crippen molar-refractivity contribution >= 4 is 29.9 Å². The van der Waals surface area contributed by atoms with E-state index in [0.29, 0.717) is 5.92 Å². The van der Waals surface area contributed by atoms with Crippen molar-refractivity contribution in [2.75, 3.05) is 31.5 Å². The summed E-state index contributed by atoms with van der Waals surface area (Å²) in [6.07, 6.45) is 2.34. The average Bonchev–Trinajstić information content (AvgIpc) is 2.59. The lowest BCUT2D eigenvalue weighted by Crippen LogP contribution is -2.44. The summed E-state index contributed by atoms with van der Waals surface area (Å²) in [6.45, 7) is 5.74. The van der Waals surface area contributed by atoms with Crippen LogP contribution in [-0.4, -0.2) is 42.9 Å². The first-order valence-electron chi connectivity index (χ1n) is 8.57. The number of nitrogens with zero attached hydrogens (tertiary/aromatic N) is 1. The Hall–Kier alpha value is -1.59. The molecular formula is C18H26ClN3O2. The number of rotatable bonds is 4. The maximum atomic E-state index is 12.9. The number of hydrogen-bond donors (Lipinski definition) is 2. The van der Waals surface area contributed by atoms with E-state index >= 15 is 0 Å². The Morgan fingerprint density at radius 3 is 2.71 bits per heavy atom. The fourth-order valence-electron chi connectivity index (χ4n) is 3.56. The predicted molar refractivity (Wildman–Crippen MR) is 97.5 cm³/mol. The first-order chi connectivity index (χ1) is 11.2. The molecule has 6 heteroatoms. The van der Waals surface area contributed by atoms with E-state index in [0.717, 1.165) is 50.3 Å². The highest BCUT2D eigenvalue weighted by Gasteiger charge is 2.34. The standard InChI is InChI=1S/C18H25N3O2.ClH/c1-2-19-12-13-7-9-21(10-8-13)18(23)15-11-17(22)20-16-6-4-3-5-14(15)16;/h3-6,13,15,19H,2,7-12H2,1H3,(H,20,22);1H. The molecule has 2 aliphatic rings. The number of piperidine rings is 1. The van der Waals surface area contributed by atoms with Crippen molar-refractivity contribution in [3.8, 4) is 0 Å². The second-order valence-corrected chi connectivity index (χ2v) is 6.47. The molecule has 0 bridgehead atoms. The van der Waals surface area contributed by atoms with Crippen LogP contribution in [0.3, 0.4) is 0 Å². The van der Waals surface area contributed by atoms with Gasteiger partial charge in [0.05, 0.1) is 5.92 Å². The van der Waals surface area contributed by atoms with Gasteiger partial charge in [0, 0.05) is 25.2 Å². The van der Waals surface area contributed by atoms with Crippen LogP contribution in [0.15, 0.2) is 24.3 Å². The van der Waals surface area contributed by atoms with E-state index in [1.807, 2.05) is 29.2 Å². The molecule has 1 atom stereocenters. The van der Waals surface area contributed by atoms with Gasteiger partial charge in [0.15, 0.2) is 0 Å². The van der Waals surface area contributed by atoms with Crippen molar-refractivity contribution in [1.82, 2.24) is 10.2 Å². The lowest BCUT2D eigenvalue weighted by atomic mass is 9.88. The van der Waals surface area contributed by atoms with Crippen molar-refractivity contribution in [2.24, 2.45) is 5.92 Å². The van der Waals surface area contributed by atoms with Crippen molar-refractivity contribution in [2.45, 2.75) is 32.1 Å². The Morgan fingerprint density at radius 2 is 2.00 bits per heavy atom. The van der Waals surface area contributed by atoms with E-state index in [-0.39, 0.29) is 36.6 Å². The van der Waals surface area contributed by atoms with Crippen molar-refractivity contribution in [1.29, 1.82) is 0 Å². The monoisotopic (exact) mass is 351 g/mol. The zero-order valence-electron chi connectivity index (χ0n) is 14.1. The van der Waals surface area contributed by atoms with Crippen LogP contribution in [0.1, 0.15) is 37.7 Å². The molecule has 24 heavy (non-hydrogen) atoms. The average molecular weight is 352 g/mol. The van der Waals surface area contributed by atoms with Gasteiger partial charge >= 0.3 is 0 Å². The molecule has 0 radical (unpaired) electrons. The minimum Gasteiger partial charge on any atom is -0.342 e. The highest BCUT2D eigenvalue weighted by molar-refractivity contribution is 6.01. The molecule has 0 spiro atoms. The number of carbonyl (C=O) groups excluding carboxylic acids is 2. The molecule has 2 aliphatic heterocycles. The van der Waals surface area contributed by atoms with Crippen LogP contribution in [0.5, 0.6) is 0 Å². The lowest BCUT2D eigenvalue weighted by Gasteiger charge is -2.35. The number of anilines is 1. The summed E-state index contributed by atoms with van der Waals surface area (Å²) in [4.78, 5) is 26.8. The maximum Gasteiger partial charge on any atom is 0.230 e. The highest BCUT2D eigenvalue weighted by Crippen LogP contribution is 2.34. The molecule has 1 unspecified atom stereocenters. The number of halogens is 1. The molecule has 2 N–H and O–H groups in total. The number of carbonyl (C=O) groups is 2. The van der Waals surface area contributed by atoms with E-state index < -0.39 is 0 Å². The zero-order chi connectivity index (χ0) is 16.2. The third-order valence-corrected chi connectivity index (χ3v) is 4.91. The lowest BCUT2D eigenvalue weighted by molar-refractivity contribution is -0.136. The SMILES string of the molecule is CCNCC1CCN(C(=O)C2CC(=O)Nc3ccccc32)CC1.Cl. The van der Waals surface area contributed by atoms with E-state index in [2.05, 4.69) is 17.6 Å². The molecule has 3 rings (SSSR count). The summed E-state index contributed by atoms with van der Waals surface area (Å²) in [7, 11) is 0. The zero-order valence-corrected chi connectivity index (χ0v) is 14.9. The second-order valence-electron chi connectivity index (χ2n) is 6.47. The summed E-state index contributed by atoms with van der Waals surface area (Å²) < 4.78 is 0. The molecular weight excluding hydrogens is 326 g/mol. The summed E-state index contributed by atoms with van der Waals surface area (Å²) in [5.41, 5.74) is 1.73. The third-order valence-electron chi connectivity index (χ3n) is 4.91. The van der Waals surface area contributed by atoms with Gasteiger partial charge in [0.1, 0.15) is 0 Å². The van der Waals surface area contributed by atoms with Crippen LogP contribution in [0.2, 0.25) is 0 Å². The van der Waals surface area contributed by atoms with Crippen molar-refractivity contribution in [3.05, 3.63) is 29.8 Å². The number of para-hydroxylation sites is 1. The van der Waals surface area contributed by atoms with Crippen molar-refractivity contribution in [3.63, 3.8) is 0 Å². The van der Waals surface area contributed by atoms with Crippen LogP contribution in [0.25, 0.3) is 0 Å². The Morgan fingerprint density at radius 1 is 1.29 bits per heavy atom. The van der Waals surface area contributed by atoms with Crippen LogP contribution < -0.4 is 10.6 Å². The molecule has 132 valence electrons. The molecule has 1 fully saturated rings. The van der Waals surface area contributed by atoms with Crippen LogP contribution in [0, 0.1) is 5.92 Å². The Labute approximate surface area is 149 Å². The van der Waals surface area contributed by atoms with Gasteiger partial charge in [-0.1, -0.05) is 25.1 Å². The number of hydrogen-bond acceptors (Lipinski definition) is 3. The number of likely N-dealkylation sites (tertiary alicyclic amines) is 1. The molecule has 1 aromatic carbocycles. The third kappa shape index (κ3) is 4.08. The second kappa shape index (κ2) is 8.49. The molecule has 0 aromatic heterocycles. The number of benzene rings is 1. The Kier molecular flexibility index (Phi) is 6.63. The minimum atomic E-state index is -0.328. The molecule has 1 aromatic rings. The van der Waals surface area contributed by atoms with E-state index in [4.69, 9.17) is 0 Å². The first-order valence-corrected chi connectivity index (χ1v) is 8.57. The number of amides is 2. The largest absolute Gasteiger partial charge is 0.342 e. The van der Waals surface area contributed by atoms with Gasteiger partial charge in [-0.25, -0.2) is 0 Å². The van der Waals surface area contributed by atoms with Crippen LogP contribution >= 0.6 is 12.4 Å². The topological polar surface area (TPSA) is 61.4 Å². The molecule has 2 heterocycles. The molecule has 2 amide bonds. The highest BCUT2D eigenvalue weighted by atomic mass is 35.5. The molecule has 1 saturated heterocycles. The number of nitrogens with one attached hydrogen (secondary N) is 2. The van der Waals surface area contributed by atoms with Gasteiger partial charge in [-0.2, -0.15) is 0 Å². The van der Waals surface area contributed by atoms with Gasteiger partial charge < -0.3 is 15.5 Å². The van der Waals surface area contributed by atoms with Crippen molar-refractivity contribution < 1.29 is 9.59 Å². The first kappa shape index (κ1) is 18.7. The summed E-state index contributed by atoms with van der Waals surface area (Å²) in [5.74, 6) is 0.365. The van der Waals surface area contributed by atoms with Gasteiger partial charge in [-0.15, -0.1) is 12.4 Å². The fraction of sp³-hybridized carbons (Fsp3) is 0.556. The van der Waals surface area contributed by atoms with E-state index in [1.54, 1.807) is 0 Å². The smallest absolute Gasteiger partial charge is 0.230 e. The van der Waals surface area contributed by atoms with Gasteiger partial charge in [0.2, 0.25) is 11.8 Å². The van der Waals surface area contributed by atoms with Crippen LogP contribution in [0.4, 0.5) is 5.69 Å².